The van der Waals surface area contributed by atoms with Crippen molar-refractivity contribution in [1.29, 1.82) is 5.26 Å². The molecule has 0 aliphatic carbocycles. The zero-order chi connectivity index (χ0) is 31.6. The number of nitrogens with one attached hydrogen (secondary N) is 1. The van der Waals surface area contributed by atoms with E-state index in [-0.39, 0.29) is 45.6 Å². The third-order valence-electron chi connectivity index (χ3n) is 6.33. The van der Waals surface area contributed by atoms with Crippen LogP contribution in [0.4, 0.5) is 29.3 Å². The molecule has 0 bridgehead atoms. The molecule has 0 spiro atoms. The summed E-state index contributed by atoms with van der Waals surface area (Å²) in [7, 11) is 0. The van der Waals surface area contributed by atoms with Gasteiger partial charge >= 0.3 is 12.4 Å². The van der Waals surface area contributed by atoms with Crippen LogP contribution in [0, 0.1) is 18.3 Å². The average molecular weight is 621 g/mol. The molecule has 11 nitrogen and oxygen atoms in total. The zero-order valence-electron chi connectivity index (χ0n) is 23.5. The number of amidine groups is 1. The average Bonchev–Trinajstić information content (AvgIpc) is 3.59. The minimum Gasteiger partial charge on any atom is -0.404 e. The lowest BCUT2D eigenvalue weighted by atomic mass is 9.99. The van der Waals surface area contributed by atoms with Crippen LogP contribution in [0.1, 0.15) is 36.5 Å². The summed E-state index contributed by atoms with van der Waals surface area (Å²) in [6, 6.07) is 14.0. The van der Waals surface area contributed by atoms with Gasteiger partial charge in [-0.2, -0.15) is 10.3 Å². The Morgan fingerprint density at radius 3 is 2.64 bits per heavy atom. The highest BCUT2D eigenvalue weighted by molar-refractivity contribution is 8.15. The normalized spacial score (nSPS) is 14.3. The quantitative estimate of drug-likeness (QED) is 0.269. The van der Waals surface area contributed by atoms with Crippen LogP contribution in [0.5, 0.6) is 5.75 Å². The summed E-state index contributed by atoms with van der Waals surface area (Å²) in [5.74, 6) is -0.0199. The van der Waals surface area contributed by atoms with Crippen molar-refractivity contribution in [3.63, 3.8) is 0 Å². The third-order valence-corrected chi connectivity index (χ3v) is 7.26. The first-order valence-electron chi connectivity index (χ1n) is 13.1. The van der Waals surface area contributed by atoms with Gasteiger partial charge in [0.05, 0.1) is 28.9 Å². The highest BCUT2D eigenvalue weighted by Crippen LogP contribution is 2.34. The molecule has 44 heavy (non-hydrogen) atoms. The lowest BCUT2D eigenvalue weighted by Gasteiger charge is -2.22. The van der Waals surface area contributed by atoms with Crippen molar-refractivity contribution >= 4 is 40.2 Å². The lowest BCUT2D eigenvalue weighted by molar-refractivity contribution is -0.274. The number of carbonyl (C=O) groups excluding carboxylic acids is 2. The first-order valence-corrected chi connectivity index (χ1v) is 14.0. The second kappa shape index (κ2) is 12.2. The van der Waals surface area contributed by atoms with E-state index in [1.165, 1.54) is 34.1 Å². The fraction of sp³-hybridized carbons (Fsp3) is 0.207. The van der Waals surface area contributed by atoms with Gasteiger partial charge < -0.3 is 10.1 Å². The topological polar surface area (TPSA) is 138 Å². The molecule has 0 unspecified atom stereocenters. The number of thioether (sulfide) groups is 1. The molecule has 1 saturated heterocycles. The number of aromatic nitrogens is 4. The van der Waals surface area contributed by atoms with Crippen LogP contribution in [-0.4, -0.2) is 49.0 Å². The first-order chi connectivity index (χ1) is 20.9. The number of amides is 3. The molecule has 15 heteroatoms. The van der Waals surface area contributed by atoms with Crippen molar-refractivity contribution < 1.29 is 27.5 Å². The number of aliphatic imine (C=N–C) groups is 1. The van der Waals surface area contributed by atoms with E-state index >= 15 is 0 Å². The molecule has 1 aliphatic heterocycles. The zero-order valence-corrected chi connectivity index (χ0v) is 24.3. The Hall–Kier alpha value is -5.23. The van der Waals surface area contributed by atoms with Gasteiger partial charge in [0.25, 0.3) is 0 Å². The first kappa shape index (κ1) is 30.2. The van der Waals surface area contributed by atoms with E-state index in [1.807, 2.05) is 45.0 Å². The molecule has 3 heterocycles. The molecule has 4 aromatic rings. The number of urea groups is 1. The van der Waals surface area contributed by atoms with Crippen LogP contribution < -0.4 is 15.0 Å². The highest BCUT2D eigenvalue weighted by atomic mass is 32.2. The standard InChI is InChI=1S/C29H23F3N8O3S/c1-16(2)21-7-4-17(3)10-23(21)40-25(41)14-44-28(40)37-27(42)36-22-8-5-18(11-19(22)12-33)26-35-15-39(38-26)24-9-6-20(13-34-24)43-29(30,31)32/h4-11,13,15-16H,14H2,1-3H3,(H,36,42)/b37-28-. The van der Waals surface area contributed by atoms with Crippen molar-refractivity contribution in [2.24, 2.45) is 4.99 Å². The van der Waals surface area contributed by atoms with Crippen molar-refractivity contribution in [1.82, 2.24) is 19.7 Å². The Balaban J connectivity index is 1.34. The van der Waals surface area contributed by atoms with Crippen LogP contribution in [0.3, 0.4) is 0 Å². The number of hydrogen-bond donors (Lipinski definition) is 1. The summed E-state index contributed by atoms with van der Waals surface area (Å²) < 4.78 is 42.3. The number of aryl methyl sites for hydroxylation is 1. The fourth-order valence-electron chi connectivity index (χ4n) is 4.34. The molecule has 5 rings (SSSR count). The molecule has 3 amide bonds. The number of halogens is 3. The van der Waals surface area contributed by atoms with Gasteiger partial charge in [0.15, 0.2) is 16.8 Å². The van der Waals surface area contributed by atoms with E-state index in [9.17, 15) is 28.0 Å². The molecule has 1 fully saturated rings. The van der Waals surface area contributed by atoms with E-state index in [4.69, 9.17) is 0 Å². The summed E-state index contributed by atoms with van der Waals surface area (Å²) in [4.78, 5) is 39.5. The van der Waals surface area contributed by atoms with Gasteiger partial charge in [-0.25, -0.2) is 19.4 Å². The number of ether oxygens (including phenoxy) is 1. The molecule has 0 atom stereocenters. The lowest BCUT2D eigenvalue weighted by Crippen LogP contribution is -2.31. The van der Waals surface area contributed by atoms with E-state index in [0.29, 0.717) is 11.3 Å². The number of pyridine rings is 1. The van der Waals surface area contributed by atoms with Crippen molar-refractivity contribution in [3.05, 3.63) is 77.7 Å². The second-order valence-electron chi connectivity index (χ2n) is 9.84. The van der Waals surface area contributed by atoms with Crippen molar-refractivity contribution in [2.45, 2.75) is 33.1 Å². The van der Waals surface area contributed by atoms with Crippen LogP contribution >= 0.6 is 11.8 Å². The molecule has 2 aromatic carbocycles. The van der Waals surface area contributed by atoms with Gasteiger partial charge in [-0.05, 0) is 60.4 Å². The third kappa shape index (κ3) is 6.70. The van der Waals surface area contributed by atoms with Crippen molar-refractivity contribution in [2.75, 3.05) is 16.0 Å². The Morgan fingerprint density at radius 2 is 1.95 bits per heavy atom. The monoisotopic (exact) mass is 620 g/mol. The molecule has 0 radical (unpaired) electrons. The Labute approximate surface area is 253 Å². The number of nitrogens with zero attached hydrogens (tertiary/aromatic N) is 7. The minimum atomic E-state index is -4.84. The largest absolute Gasteiger partial charge is 0.573 e. The number of rotatable bonds is 6. The summed E-state index contributed by atoms with van der Waals surface area (Å²) in [6.45, 7) is 5.95. The Kier molecular flexibility index (Phi) is 8.36. The van der Waals surface area contributed by atoms with Gasteiger partial charge in [0.2, 0.25) is 5.91 Å². The number of carbonyl (C=O) groups is 2. The van der Waals surface area contributed by atoms with E-state index < -0.39 is 18.1 Å². The molecular weight excluding hydrogens is 597 g/mol. The molecule has 2 aromatic heterocycles. The molecule has 224 valence electrons. The summed E-state index contributed by atoms with van der Waals surface area (Å²) in [5.41, 5.74) is 3.31. The second-order valence-corrected chi connectivity index (χ2v) is 10.8. The van der Waals surface area contributed by atoms with Crippen LogP contribution in [-0.2, 0) is 4.79 Å². The summed E-state index contributed by atoms with van der Waals surface area (Å²) >= 11 is 1.15. The molecular formula is C29H23F3N8O3S. The highest BCUT2D eigenvalue weighted by Gasteiger charge is 2.33. The fourth-order valence-corrected chi connectivity index (χ4v) is 5.20. The number of benzene rings is 2. The van der Waals surface area contributed by atoms with Gasteiger partial charge in [-0.3, -0.25) is 9.69 Å². The number of alkyl halides is 3. The van der Waals surface area contributed by atoms with Gasteiger partial charge in [0, 0.05) is 5.56 Å². The predicted octanol–water partition coefficient (Wildman–Crippen LogP) is 6.20. The minimum absolute atomic E-state index is 0.104. The molecule has 1 N–H and O–H groups in total. The van der Waals surface area contributed by atoms with E-state index in [2.05, 4.69) is 30.1 Å². The summed E-state index contributed by atoms with van der Waals surface area (Å²) in [5, 5.41) is 16.9. The maximum Gasteiger partial charge on any atom is 0.573 e. The molecule has 0 saturated carbocycles. The van der Waals surface area contributed by atoms with E-state index in [0.717, 1.165) is 35.2 Å². The smallest absolute Gasteiger partial charge is 0.404 e. The van der Waals surface area contributed by atoms with Gasteiger partial charge in [-0.15, -0.1) is 18.3 Å². The van der Waals surface area contributed by atoms with Crippen LogP contribution in [0.2, 0.25) is 0 Å². The number of hydrogen-bond acceptors (Lipinski definition) is 8. The van der Waals surface area contributed by atoms with Crippen molar-refractivity contribution in [3.8, 4) is 29.0 Å². The summed E-state index contributed by atoms with van der Waals surface area (Å²) in [6.07, 6.45) is -2.62. The van der Waals surface area contributed by atoms with Gasteiger partial charge in [-0.1, -0.05) is 37.7 Å². The SMILES string of the molecule is Cc1ccc(C(C)C)c(N2C(=O)CS/C2=N\C(=O)Nc2ccc(-c3ncn(-c4ccc(OC(F)(F)F)cn4)n3)cc2C#N)c1. The Morgan fingerprint density at radius 1 is 1.16 bits per heavy atom. The maximum atomic E-state index is 13.0. The van der Waals surface area contributed by atoms with Crippen LogP contribution in [0.15, 0.2) is 66.0 Å². The predicted molar refractivity (Wildman–Crippen MR) is 158 cm³/mol. The van der Waals surface area contributed by atoms with Crippen LogP contribution in [0.25, 0.3) is 17.2 Å². The number of anilines is 2. The van der Waals surface area contributed by atoms with Gasteiger partial charge in [0.1, 0.15) is 18.1 Å². The molecule has 1 aliphatic rings. The Bertz CT molecular complexity index is 1810. The van der Waals surface area contributed by atoms with E-state index in [1.54, 1.807) is 6.07 Å². The maximum absolute atomic E-state index is 13.0. The number of nitriles is 1.